The van der Waals surface area contributed by atoms with Gasteiger partial charge in [-0.05, 0) is 111 Å². The predicted octanol–water partition coefficient (Wildman–Crippen LogP) is 15.9. The summed E-state index contributed by atoms with van der Waals surface area (Å²) in [5.41, 5.74) is 14.6. The summed E-state index contributed by atoms with van der Waals surface area (Å²) in [6, 6.07) is 84.9. The molecule has 10 aromatic carbocycles. The minimum atomic E-state index is -0.540. The summed E-state index contributed by atoms with van der Waals surface area (Å²) in [6.07, 6.45) is 0. The molecule has 328 valence electrons. The molecular weight excluding hydrogens is 857 g/mol. The van der Waals surface area contributed by atoms with Gasteiger partial charge in [0.1, 0.15) is 0 Å². The summed E-state index contributed by atoms with van der Waals surface area (Å²) in [4.78, 5) is 15.3. The molecule has 6 nitrogen and oxygen atoms in total. The lowest BCUT2D eigenvalue weighted by molar-refractivity contribution is 0.359. The molecule has 6 heteroatoms. The van der Waals surface area contributed by atoms with Crippen LogP contribution >= 0.6 is 0 Å². The van der Waals surface area contributed by atoms with E-state index in [9.17, 15) is 0 Å². The maximum Gasteiger partial charge on any atom is 0.170 e. The van der Waals surface area contributed by atoms with Crippen LogP contribution < -0.4 is 9.47 Å². The number of benzene rings is 10. The van der Waals surface area contributed by atoms with Crippen molar-refractivity contribution in [2.24, 2.45) is 0 Å². The number of fused-ring (bicyclic) bond motifs is 8. The first-order valence-corrected chi connectivity index (χ1v) is 23.6. The minimum Gasteiger partial charge on any atom is -0.450 e. The Hall–Kier alpha value is -9.39. The van der Waals surface area contributed by atoms with Crippen molar-refractivity contribution < 1.29 is 9.47 Å². The summed E-state index contributed by atoms with van der Waals surface area (Å²) < 4.78 is 15.9. The highest BCUT2D eigenvalue weighted by Crippen LogP contribution is 2.60. The monoisotopic (exact) mass is 896 g/mol. The van der Waals surface area contributed by atoms with Gasteiger partial charge in [0.25, 0.3) is 0 Å². The zero-order valence-electron chi connectivity index (χ0n) is 37.7. The third-order valence-electron chi connectivity index (χ3n) is 14.0. The van der Waals surface area contributed by atoms with Crippen molar-refractivity contribution in [1.29, 1.82) is 0 Å². The summed E-state index contributed by atoms with van der Waals surface area (Å²) >= 11 is 0. The van der Waals surface area contributed by atoms with Crippen LogP contribution in [0.2, 0.25) is 0 Å². The maximum atomic E-state index is 6.82. The van der Waals surface area contributed by atoms with Crippen LogP contribution in [-0.2, 0) is 5.41 Å². The second-order valence-electron chi connectivity index (χ2n) is 17.9. The molecule has 0 N–H and O–H groups in total. The molecule has 2 aromatic heterocycles. The van der Waals surface area contributed by atoms with Crippen LogP contribution in [0.5, 0.6) is 23.0 Å². The molecular formula is C64H40N4O2. The lowest BCUT2D eigenvalue weighted by atomic mass is 9.67. The molecule has 14 rings (SSSR count). The number of para-hydroxylation sites is 2. The Balaban J connectivity index is 0.819. The predicted molar refractivity (Wildman–Crippen MR) is 280 cm³/mol. The molecule has 0 spiro atoms. The van der Waals surface area contributed by atoms with E-state index in [1.807, 2.05) is 36.4 Å². The SMILES string of the molecule is c1ccc(-c2nc(-c3ccc(-n4c5ccccc5c5ccccc54)cc3)nc(-c3cccc(-c4ccc5c(c4)Oc4cc6c(cc4O5)C(c4ccccc4)(c4ccccc4)c4ccccc4-6)c3)n2)cc1. The third-order valence-corrected chi connectivity index (χ3v) is 14.0. The zero-order valence-corrected chi connectivity index (χ0v) is 37.7. The van der Waals surface area contributed by atoms with Gasteiger partial charge in [-0.3, -0.25) is 0 Å². The summed E-state index contributed by atoms with van der Waals surface area (Å²) in [6.45, 7) is 0. The molecule has 0 bridgehead atoms. The smallest absolute Gasteiger partial charge is 0.170 e. The van der Waals surface area contributed by atoms with Crippen molar-refractivity contribution >= 4 is 21.8 Å². The number of aromatic nitrogens is 4. The molecule has 0 unspecified atom stereocenters. The van der Waals surface area contributed by atoms with Gasteiger partial charge in [0.2, 0.25) is 0 Å². The molecule has 0 saturated heterocycles. The van der Waals surface area contributed by atoms with Crippen molar-refractivity contribution in [3.05, 3.63) is 265 Å². The fourth-order valence-electron chi connectivity index (χ4n) is 10.8. The van der Waals surface area contributed by atoms with Gasteiger partial charge in [0, 0.05) is 33.2 Å². The van der Waals surface area contributed by atoms with Crippen LogP contribution in [-0.4, -0.2) is 19.5 Å². The van der Waals surface area contributed by atoms with Crippen molar-refractivity contribution in [2.45, 2.75) is 5.41 Å². The van der Waals surface area contributed by atoms with Crippen molar-refractivity contribution in [3.63, 3.8) is 0 Å². The Bertz CT molecular complexity index is 3910. The zero-order chi connectivity index (χ0) is 46.2. The van der Waals surface area contributed by atoms with Gasteiger partial charge in [-0.25, -0.2) is 15.0 Å². The third kappa shape index (κ3) is 6.24. The van der Waals surface area contributed by atoms with E-state index in [2.05, 4.69) is 211 Å². The average molecular weight is 897 g/mol. The quantitative estimate of drug-likeness (QED) is 0.159. The highest BCUT2D eigenvalue weighted by Gasteiger charge is 2.47. The molecule has 0 amide bonds. The molecule has 12 aromatic rings. The Morgan fingerprint density at radius 1 is 0.314 bits per heavy atom. The maximum absolute atomic E-state index is 6.82. The van der Waals surface area contributed by atoms with Gasteiger partial charge in [0.15, 0.2) is 40.5 Å². The van der Waals surface area contributed by atoms with E-state index in [0.29, 0.717) is 40.5 Å². The van der Waals surface area contributed by atoms with Crippen LogP contribution in [0.25, 0.3) is 83.9 Å². The fraction of sp³-hybridized carbons (Fsp3) is 0.0156. The lowest BCUT2D eigenvalue weighted by Crippen LogP contribution is -2.28. The van der Waals surface area contributed by atoms with Gasteiger partial charge in [-0.1, -0.05) is 176 Å². The van der Waals surface area contributed by atoms with Crippen LogP contribution in [0, 0.1) is 0 Å². The van der Waals surface area contributed by atoms with Gasteiger partial charge in [-0.15, -0.1) is 0 Å². The molecule has 0 atom stereocenters. The number of nitrogens with zero attached hydrogens (tertiary/aromatic N) is 4. The summed E-state index contributed by atoms with van der Waals surface area (Å²) in [5.74, 6) is 4.46. The Kier molecular flexibility index (Phi) is 9.01. The molecule has 70 heavy (non-hydrogen) atoms. The van der Waals surface area contributed by atoms with E-state index < -0.39 is 5.41 Å². The largest absolute Gasteiger partial charge is 0.450 e. The van der Waals surface area contributed by atoms with Gasteiger partial charge < -0.3 is 14.0 Å². The molecule has 0 fully saturated rings. The lowest BCUT2D eigenvalue weighted by Gasteiger charge is -2.34. The first kappa shape index (κ1) is 39.7. The van der Waals surface area contributed by atoms with Crippen LogP contribution in [0.3, 0.4) is 0 Å². The highest BCUT2D eigenvalue weighted by molar-refractivity contribution is 6.09. The molecule has 2 aliphatic rings. The first-order valence-electron chi connectivity index (χ1n) is 23.6. The Labute approximate surface area is 404 Å². The van der Waals surface area contributed by atoms with E-state index in [0.717, 1.165) is 50.1 Å². The van der Waals surface area contributed by atoms with Gasteiger partial charge in [0.05, 0.1) is 16.4 Å². The normalized spacial score (nSPS) is 12.9. The van der Waals surface area contributed by atoms with E-state index in [1.54, 1.807) is 0 Å². The molecule has 0 radical (unpaired) electrons. The second-order valence-corrected chi connectivity index (χ2v) is 17.9. The van der Waals surface area contributed by atoms with E-state index in [-0.39, 0.29) is 0 Å². The topological polar surface area (TPSA) is 62.1 Å². The Morgan fingerprint density at radius 2 is 0.800 bits per heavy atom. The fourth-order valence-corrected chi connectivity index (χ4v) is 10.8. The molecule has 1 aliphatic carbocycles. The minimum absolute atomic E-state index is 0.540. The molecule has 1 aliphatic heterocycles. The van der Waals surface area contributed by atoms with Crippen LogP contribution in [0.15, 0.2) is 243 Å². The number of rotatable bonds is 7. The van der Waals surface area contributed by atoms with Crippen molar-refractivity contribution in [3.8, 4) is 85.1 Å². The van der Waals surface area contributed by atoms with E-state index in [4.69, 9.17) is 24.4 Å². The molecule has 0 saturated carbocycles. The first-order chi connectivity index (χ1) is 34.7. The Morgan fingerprint density at radius 3 is 1.49 bits per heavy atom. The number of ether oxygens (including phenoxy) is 2. The van der Waals surface area contributed by atoms with Gasteiger partial charge in [-0.2, -0.15) is 0 Å². The number of hydrogen-bond donors (Lipinski definition) is 0. The average Bonchev–Trinajstić information content (AvgIpc) is 3.92. The van der Waals surface area contributed by atoms with E-state index in [1.165, 1.54) is 38.6 Å². The number of hydrogen-bond acceptors (Lipinski definition) is 5. The van der Waals surface area contributed by atoms with E-state index >= 15 is 0 Å². The van der Waals surface area contributed by atoms with Crippen LogP contribution in [0.1, 0.15) is 22.3 Å². The summed E-state index contributed by atoms with van der Waals surface area (Å²) in [7, 11) is 0. The second kappa shape index (κ2) is 15.9. The van der Waals surface area contributed by atoms with Crippen molar-refractivity contribution in [1.82, 2.24) is 19.5 Å². The summed E-state index contributed by atoms with van der Waals surface area (Å²) in [5, 5.41) is 2.45. The van der Waals surface area contributed by atoms with Gasteiger partial charge >= 0.3 is 0 Å². The standard InChI is InChI=1S/C64H40N4O2/c1-4-17-41(18-5-1)61-65-62(42-31-34-48(35-32-42)68-55-29-14-11-26-50(55)51-27-12-15-30-56(51)68)67-63(66-61)45-20-16-19-43(37-45)44-33-36-57-58(38-44)70-59-39-52-49-25-10-13-28-53(49)64(46-21-6-2-7-22-46,47-23-8-3-9-24-47)54(52)40-60(59)69-57/h1-40H. The van der Waals surface area contributed by atoms with Crippen molar-refractivity contribution in [2.75, 3.05) is 0 Å². The molecule has 3 heterocycles. The van der Waals surface area contributed by atoms with Crippen LogP contribution in [0.4, 0.5) is 0 Å². The highest BCUT2D eigenvalue weighted by atomic mass is 16.6.